The maximum atomic E-state index is 9.87. The van der Waals surface area contributed by atoms with Crippen molar-refractivity contribution in [2.24, 2.45) is 0 Å². The van der Waals surface area contributed by atoms with Crippen molar-refractivity contribution >= 4 is 17.3 Å². The van der Waals surface area contributed by atoms with Crippen LogP contribution < -0.4 is 10.5 Å². The lowest BCUT2D eigenvalue weighted by Gasteiger charge is -2.12. The van der Waals surface area contributed by atoms with E-state index >= 15 is 0 Å². The number of ether oxygens (including phenoxy) is 1. The number of halogens is 1. The fourth-order valence-electron chi connectivity index (χ4n) is 1.61. The number of anilines is 1. The lowest BCUT2D eigenvalue weighted by molar-refractivity contribution is 0.0893. The molecule has 2 rings (SSSR count). The number of hydrogen-bond acceptors (Lipinski definition) is 4. The molecule has 1 atom stereocenters. The van der Waals surface area contributed by atoms with Gasteiger partial charge >= 0.3 is 0 Å². The minimum Gasteiger partial charge on any atom is -0.491 e. The Bertz CT molecular complexity index is 520. The van der Waals surface area contributed by atoms with Gasteiger partial charge in [0.15, 0.2) is 0 Å². The van der Waals surface area contributed by atoms with Gasteiger partial charge in [0, 0.05) is 11.9 Å². The lowest BCUT2D eigenvalue weighted by atomic mass is 10.3. The van der Waals surface area contributed by atoms with Crippen LogP contribution in [-0.2, 0) is 6.54 Å². The number of nitrogens with two attached hydrogens (primary N) is 1. The number of aryl methyl sites for hydroxylation is 1. The Morgan fingerprint density at radius 3 is 2.68 bits per heavy atom. The van der Waals surface area contributed by atoms with E-state index in [-0.39, 0.29) is 6.61 Å². The van der Waals surface area contributed by atoms with Gasteiger partial charge in [0.2, 0.25) is 0 Å². The molecule has 0 aliphatic carbocycles. The van der Waals surface area contributed by atoms with Gasteiger partial charge in [0.05, 0.1) is 17.3 Å². The van der Waals surface area contributed by atoms with Crippen molar-refractivity contribution in [1.29, 1.82) is 0 Å². The van der Waals surface area contributed by atoms with E-state index in [1.807, 2.05) is 6.92 Å². The number of aliphatic hydroxyl groups excluding tert-OH is 1. The van der Waals surface area contributed by atoms with Crippen LogP contribution in [-0.4, -0.2) is 27.6 Å². The monoisotopic (exact) mass is 281 g/mol. The van der Waals surface area contributed by atoms with Gasteiger partial charge in [-0.15, -0.1) is 0 Å². The molecular weight excluding hydrogens is 266 g/mol. The normalized spacial score (nSPS) is 12.4. The summed E-state index contributed by atoms with van der Waals surface area (Å²) in [4.78, 5) is 0. The molecule has 5 nitrogen and oxygen atoms in total. The maximum absolute atomic E-state index is 9.87. The van der Waals surface area contributed by atoms with Crippen molar-refractivity contribution in [3.8, 4) is 5.75 Å². The molecule has 6 heteroatoms. The Morgan fingerprint density at radius 2 is 2.11 bits per heavy atom. The topological polar surface area (TPSA) is 73.3 Å². The zero-order valence-electron chi connectivity index (χ0n) is 10.6. The second kappa shape index (κ2) is 5.95. The first-order valence-corrected chi connectivity index (χ1v) is 6.28. The molecule has 1 aromatic heterocycles. The molecule has 102 valence electrons. The van der Waals surface area contributed by atoms with Gasteiger partial charge in [0.1, 0.15) is 18.5 Å². The van der Waals surface area contributed by atoms with E-state index in [9.17, 15) is 5.11 Å². The van der Waals surface area contributed by atoms with Gasteiger partial charge in [-0.2, -0.15) is 5.10 Å². The number of nitrogen functional groups attached to an aromatic ring is 1. The predicted molar refractivity (Wildman–Crippen MR) is 74.3 cm³/mol. The molecule has 0 spiro atoms. The van der Waals surface area contributed by atoms with Crippen molar-refractivity contribution < 1.29 is 9.84 Å². The number of aliphatic hydroxyl groups is 1. The van der Waals surface area contributed by atoms with Gasteiger partial charge < -0.3 is 15.6 Å². The van der Waals surface area contributed by atoms with Crippen molar-refractivity contribution in [2.75, 3.05) is 12.3 Å². The molecule has 1 unspecified atom stereocenters. The summed E-state index contributed by atoms with van der Waals surface area (Å²) < 4.78 is 7.06. The van der Waals surface area contributed by atoms with Crippen LogP contribution in [0.25, 0.3) is 0 Å². The smallest absolute Gasteiger partial charge is 0.119 e. The van der Waals surface area contributed by atoms with Gasteiger partial charge in [-0.1, -0.05) is 11.6 Å². The number of benzene rings is 1. The first kappa shape index (κ1) is 13.7. The second-order valence-corrected chi connectivity index (χ2v) is 4.73. The molecule has 3 N–H and O–H groups in total. The average molecular weight is 282 g/mol. The summed E-state index contributed by atoms with van der Waals surface area (Å²) in [7, 11) is 0. The van der Waals surface area contributed by atoms with E-state index in [0.29, 0.717) is 23.0 Å². The third kappa shape index (κ3) is 3.87. The molecule has 0 fully saturated rings. The molecule has 1 aromatic carbocycles. The van der Waals surface area contributed by atoms with Crippen LogP contribution >= 0.6 is 11.6 Å². The molecule has 0 saturated heterocycles. The van der Waals surface area contributed by atoms with E-state index in [2.05, 4.69) is 5.10 Å². The van der Waals surface area contributed by atoms with Crippen LogP contribution in [0, 0.1) is 6.92 Å². The number of hydrogen-bond donors (Lipinski definition) is 2. The van der Waals surface area contributed by atoms with Crippen molar-refractivity contribution in [3.05, 3.63) is 41.2 Å². The lowest BCUT2D eigenvalue weighted by Crippen LogP contribution is -2.23. The van der Waals surface area contributed by atoms with Gasteiger partial charge in [-0.3, -0.25) is 4.68 Å². The summed E-state index contributed by atoms with van der Waals surface area (Å²) >= 11 is 5.89. The van der Waals surface area contributed by atoms with E-state index < -0.39 is 6.10 Å². The number of rotatable bonds is 5. The Balaban J connectivity index is 1.84. The minimum absolute atomic E-state index is 0.181. The first-order chi connectivity index (χ1) is 9.04. The second-order valence-electron chi connectivity index (χ2n) is 4.32. The summed E-state index contributed by atoms with van der Waals surface area (Å²) in [5.41, 5.74) is 6.99. The van der Waals surface area contributed by atoms with E-state index in [0.717, 1.165) is 5.69 Å². The van der Waals surface area contributed by atoms with Crippen molar-refractivity contribution in [3.63, 3.8) is 0 Å². The summed E-state index contributed by atoms with van der Waals surface area (Å²) in [5.74, 6) is 0.669. The predicted octanol–water partition coefficient (Wildman–Crippen LogP) is 1.87. The van der Waals surface area contributed by atoms with Crippen LogP contribution in [0.3, 0.4) is 0 Å². The highest BCUT2D eigenvalue weighted by Gasteiger charge is 2.09. The summed E-state index contributed by atoms with van der Waals surface area (Å²) in [6.45, 7) is 2.33. The van der Waals surface area contributed by atoms with Crippen LogP contribution in [0.5, 0.6) is 5.75 Å². The van der Waals surface area contributed by atoms with E-state index in [4.69, 9.17) is 22.1 Å². The number of aromatic nitrogens is 2. The number of nitrogens with zero attached hydrogens (tertiary/aromatic N) is 2. The molecule has 0 amide bonds. The van der Waals surface area contributed by atoms with Crippen LogP contribution in [0.2, 0.25) is 5.02 Å². The summed E-state index contributed by atoms with van der Waals surface area (Å²) in [6.07, 6.45) is 1.02. The van der Waals surface area contributed by atoms with Crippen molar-refractivity contribution in [1.82, 2.24) is 9.78 Å². The Labute approximate surface area is 116 Å². The largest absolute Gasteiger partial charge is 0.491 e. The molecule has 1 heterocycles. The quantitative estimate of drug-likeness (QED) is 0.821. The van der Waals surface area contributed by atoms with Crippen LogP contribution in [0.15, 0.2) is 30.5 Å². The van der Waals surface area contributed by atoms with Crippen molar-refractivity contribution in [2.45, 2.75) is 19.6 Å². The molecule has 0 radical (unpaired) electrons. The maximum Gasteiger partial charge on any atom is 0.119 e. The highest BCUT2D eigenvalue weighted by Crippen LogP contribution is 2.14. The van der Waals surface area contributed by atoms with Crippen LogP contribution in [0.4, 0.5) is 5.69 Å². The fraction of sp³-hybridized carbons (Fsp3) is 0.308. The van der Waals surface area contributed by atoms with Gasteiger partial charge in [-0.25, -0.2) is 0 Å². The molecule has 2 aromatic rings. The van der Waals surface area contributed by atoms with Crippen LogP contribution in [0.1, 0.15) is 5.69 Å². The fourth-order valence-corrected chi connectivity index (χ4v) is 1.76. The average Bonchev–Trinajstić information content (AvgIpc) is 2.67. The molecule has 19 heavy (non-hydrogen) atoms. The Hall–Kier alpha value is -1.72. The summed E-state index contributed by atoms with van der Waals surface area (Å²) in [5, 5.41) is 14.6. The molecular formula is C13H16ClN3O2. The summed E-state index contributed by atoms with van der Waals surface area (Å²) in [6, 6.07) is 7.02. The molecule has 0 saturated carbocycles. The Morgan fingerprint density at radius 1 is 1.42 bits per heavy atom. The minimum atomic E-state index is -0.659. The van der Waals surface area contributed by atoms with E-state index in [1.165, 1.54) is 0 Å². The molecule has 0 aliphatic heterocycles. The highest BCUT2D eigenvalue weighted by molar-refractivity contribution is 6.31. The van der Waals surface area contributed by atoms with Gasteiger partial charge in [0.25, 0.3) is 0 Å². The molecule has 0 bridgehead atoms. The van der Waals surface area contributed by atoms with Gasteiger partial charge in [-0.05, 0) is 31.2 Å². The SMILES string of the molecule is Cc1nn(CC(O)COc2ccc(N)cc2)cc1Cl. The zero-order chi connectivity index (χ0) is 13.8. The third-order valence-electron chi connectivity index (χ3n) is 2.61. The highest BCUT2D eigenvalue weighted by atomic mass is 35.5. The third-order valence-corrected chi connectivity index (χ3v) is 2.98. The first-order valence-electron chi connectivity index (χ1n) is 5.90. The van der Waals surface area contributed by atoms with E-state index in [1.54, 1.807) is 35.1 Å². The standard InChI is InChI=1S/C13H16ClN3O2/c1-9-13(14)7-17(16-9)6-11(18)8-19-12-4-2-10(15)3-5-12/h2-5,7,11,18H,6,8,15H2,1H3. The zero-order valence-corrected chi connectivity index (χ0v) is 11.3. The molecule has 0 aliphatic rings. The Kier molecular flexibility index (Phi) is 4.29.